The van der Waals surface area contributed by atoms with Crippen LogP contribution in [0, 0.1) is 11.3 Å². The van der Waals surface area contributed by atoms with Crippen LogP contribution in [0.25, 0.3) is 0 Å². The van der Waals surface area contributed by atoms with Crippen molar-refractivity contribution in [2.45, 2.75) is 90.4 Å². The monoisotopic (exact) mass is 586 g/mol. The zero-order valence-electron chi connectivity index (χ0n) is 25.8. The van der Waals surface area contributed by atoms with Crippen LogP contribution >= 0.6 is 0 Å². The fourth-order valence-corrected chi connectivity index (χ4v) is 7.71. The highest BCUT2D eigenvalue weighted by Crippen LogP contribution is 2.57. The number of hydrogen-bond acceptors (Lipinski definition) is 7. The van der Waals surface area contributed by atoms with E-state index in [9.17, 15) is 9.59 Å². The van der Waals surface area contributed by atoms with Gasteiger partial charge in [0.15, 0.2) is 0 Å². The number of amides is 1. The highest BCUT2D eigenvalue weighted by atomic mass is 16.6. The molecule has 1 saturated heterocycles. The Morgan fingerprint density at radius 3 is 2.67 bits per heavy atom. The maximum Gasteiger partial charge on any atom is 0.414 e. The number of esters is 1. The molecular weight excluding hydrogens is 544 g/mol. The van der Waals surface area contributed by atoms with Crippen molar-refractivity contribution in [3.05, 3.63) is 71.0 Å². The first-order valence-electron chi connectivity index (χ1n) is 15.4. The van der Waals surface area contributed by atoms with Gasteiger partial charge < -0.3 is 14.2 Å². The van der Waals surface area contributed by atoms with Crippen molar-refractivity contribution in [2.24, 2.45) is 11.3 Å². The first-order chi connectivity index (χ1) is 20.6. The summed E-state index contributed by atoms with van der Waals surface area (Å²) in [5.74, 6) is 1.29. The highest BCUT2D eigenvalue weighted by Gasteiger charge is 2.55. The van der Waals surface area contributed by atoms with E-state index in [4.69, 9.17) is 14.2 Å². The number of nitrogens with zero attached hydrogens (tertiary/aromatic N) is 4. The van der Waals surface area contributed by atoms with E-state index in [1.807, 2.05) is 24.3 Å². The molecule has 2 aromatic carbocycles. The number of carbonyl (C=O) groups is 2. The fraction of sp³-hybridized carbons (Fsp3) is 0.529. The summed E-state index contributed by atoms with van der Waals surface area (Å²) in [4.78, 5) is 27.8. The van der Waals surface area contributed by atoms with Crippen LogP contribution in [0.3, 0.4) is 0 Å². The van der Waals surface area contributed by atoms with Crippen LogP contribution in [-0.2, 0) is 39.3 Å². The van der Waals surface area contributed by atoms with E-state index in [2.05, 4.69) is 56.2 Å². The SMILES string of the molecule is COc1ccc(N2CC(Cn3cc(COC(=O)[C@]4(C)CCC[C@]5(C)c6ccc(C(C)C)cc6CC[C@@H]45)nn3)OC2=O)cc1. The molecule has 0 bridgehead atoms. The Hall–Kier alpha value is -3.88. The Labute approximate surface area is 253 Å². The predicted molar refractivity (Wildman–Crippen MR) is 162 cm³/mol. The number of methoxy groups -OCH3 is 1. The second-order valence-electron chi connectivity index (χ2n) is 13.2. The van der Waals surface area contributed by atoms with Gasteiger partial charge in [0.05, 0.1) is 31.8 Å². The smallest absolute Gasteiger partial charge is 0.414 e. The van der Waals surface area contributed by atoms with Gasteiger partial charge in [0, 0.05) is 5.69 Å². The number of carbonyl (C=O) groups excluding carboxylic acids is 2. The van der Waals surface area contributed by atoms with Gasteiger partial charge in [-0.2, -0.15) is 0 Å². The third-order valence-electron chi connectivity index (χ3n) is 10.1. The van der Waals surface area contributed by atoms with Crippen LogP contribution in [0.4, 0.5) is 10.5 Å². The molecule has 3 aliphatic rings. The zero-order chi connectivity index (χ0) is 30.4. The zero-order valence-corrected chi connectivity index (χ0v) is 25.8. The molecule has 1 aliphatic heterocycles. The van der Waals surface area contributed by atoms with Gasteiger partial charge in [-0.15, -0.1) is 5.10 Å². The molecule has 0 radical (unpaired) electrons. The van der Waals surface area contributed by atoms with Crippen LogP contribution in [-0.4, -0.2) is 46.8 Å². The third-order valence-corrected chi connectivity index (χ3v) is 10.1. The summed E-state index contributed by atoms with van der Waals surface area (Å²) in [7, 11) is 1.60. The van der Waals surface area contributed by atoms with Gasteiger partial charge >= 0.3 is 12.1 Å². The van der Waals surface area contributed by atoms with Crippen molar-refractivity contribution < 1.29 is 23.8 Å². The van der Waals surface area contributed by atoms with Crippen molar-refractivity contribution in [3.63, 3.8) is 0 Å². The number of anilines is 1. The Kier molecular flexibility index (Phi) is 7.69. The van der Waals surface area contributed by atoms with Gasteiger partial charge in [-0.25, -0.2) is 9.48 Å². The normalized spacial score (nSPS) is 26.6. The summed E-state index contributed by atoms with van der Waals surface area (Å²) in [6, 6.07) is 14.3. The minimum atomic E-state index is -0.555. The molecule has 1 aromatic heterocycles. The van der Waals surface area contributed by atoms with Crippen LogP contribution in [0.2, 0.25) is 0 Å². The molecule has 2 heterocycles. The lowest BCUT2D eigenvalue weighted by Gasteiger charge is -2.54. The molecule has 9 heteroatoms. The van der Waals surface area contributed by atoms with Gasteiger partial charge in [0.2, 0.25) is 0 Å². The van der Waals surface area contributed by atoms with Crippen LogP contribution < -0.4 is 9.64 Å². The molecule has 2 fully saturated rings. The van der Waals surface area contributed by atoms with Gasteiger partial charge in [0.1, 0.15) is 24.2 Å². The summed E-state index contributed by atoms with van der Waals surface area (Å²) < 4.78 is 18.4. The number of aryl methyl sites for hydroxylation is 1. The van der Waals surface area contributed by atoms with E-state index in [0.29, 0.717) is 24.7 Å². The van der Waals surface area contributed by atoms with Gasteiger partial charge in [-0.3, -0.25) is 9.69 Å². The molecule has 1 amide bonds. The molecule has 0 N–H and O–H groups in total. The molecule has 228 valence electrons. The molecule has 6 rings (SSSR count). The molecule has 3 aromatic rings. The standard InChI is InChI=1S/C34H42N4O5/c1-22(2)23-7-13-29-24(17-23)8-14-30-33(29,3)15-6-16-34(30,4)31(39)42-21-25-18-37(36-35-25)19-28-20-38(32(40)43-28)26-9-11-27(41-5)12-10-26/h7,9-13,17-18,22,28,30H,6,8,14-16,19-21H2,1-5H3/t28?,30-,33-,34-/m1/s1. The lowest BCUT2D eigenvalue weighted by molar-refractivity contribution is -0.166. The number of cyclic esters (lactones) is 1. The predicted octanol–water partition coefficient (Wildman–Crippen LogP) is 6.19. The largest absolute Gasteiger partial charge is 0.497 e. The highest BCUT2D eigenvalue weighted by molar-refractivity contribution is 5.89. The van der Waals surface area contributed by atoms with E-state index in [1.54, 1.807) is 22.9 Å². The summed E-state index contributed by atoms with van der Waals surface area (Å²) in [6.45, 7) is 9.75. The van der Waals surface area contributed by atoms with Crippen LogP contribution in [0.5, 0.6) is 5.75 Å². The lowest BCUT2D eigenvalue weighted by atomic mass is 9.49. The molecular formula is C34H42N4O5. The number of rotatable bonds is 8. The number of fused-ring (bicyclic) bond motifs is 3. The Balaban J connectivity index is 1.08. The molecule has 0 spiro atoms. The second kappa shape index (κ2) is 11.3. The van der Waals surface area contributed by atoms with Crippen molar-refractivity contribution in [3.8, 4) is 5.75 Å². The van der Waals surface area contributed by atoms with Crippen molar-refractivity contribution in [1.82, 2.24) is 15.0 Å². The first kappa shape index (κ1) is 29.2. The average molecular weight is 587 g/mol. The topological polar surface area (TPSA) is 95.8 Å². The molecule has 43 heavy (non-hydrogen) atoms. The molecule has 1 saturated carbocycles. The minimum Gasteiger partial charge on any atom is -0.497 e. The maximum absolute atomic E-state index is 13.7. The third kappa shape index (κ3) is 5.38. The summed E-state index contributed by atoms with van der Waals surface area (Å²) in [6.07, 6.45) is 5.87. The van der Waals surface area contributed by atoms with E-state index < -0.39 is 11.5 Å². The molecule has 4 atom stereocenters. The maximum atomic E-state index is 13.7. The van der Waals surface area contributed by atoms with Gasteiger partial charge in [-0.05, 0) is 90.8 Å². The molecule has 9 nitrogen and oxygen atoms in total. The van der Waals surface area contributed by atoms with Crippen molar-refractivity contribution in [2.75, 3.05) is 18.6 Å². The minimum absolute atomic E-state index is 0.0450. The Morgan fingerprint density at radius 2 is 1.93 bits per heavy atom. The summed E-state index contributed by atoms with van der Waals surface area (Å²) in [5, 5.41) is 8.43. The van der Waals surface area contributed by atoms with E-state index in [0.717, 1.165) is 43.5 Å². The van der Waals surface area contributed by atoms with Crippen molar-refractivity contribution >= 4 is 17.7 Å². The number of aromatic nitrogens is 3. The van der Waals surface area contributed by atoms with Crippen LogP contribution in [0.1, 0.15) is 81.7 Å². The summed E-state index contributed by atoms with van der Waals surface area (Å²) >= 11 is 0. The van der Waals surface area contributed by atoms with Gasteiger partial charge in [0.25, 0.3) is 0 Å². The number of benzene rings is 2. The Morgan fingerprint density at radius 1 is 1.14 bits per heavy atom. The summed E-state index contributed by atoms with van der Waals surface area (Å²) in [5.41, 5.74) is 4.95. The first-order valence-corrected chi connectivity index (χ1v) is 15.4. The van der Waals surface area contributed by atoms with Crippen molar-refractivity contribution in [1.29, 1.82) is 0 Å². The van der Waals surface area contributed by atoms with Gasteiger partial charge in [-0.1, -0.05) is 50.6 Å². The fourth-order valence-electron chi connectivity index (χ4n) is 7.71. The Bertz CT molecular complexity index is 1500. The average Bonchev–Trinajstić information content (AvgIpc) is 3.61. The molecule has 2 aliphatic carbocycles. The molecule has 1 unspecified atom stereocenters. The number of ether oxygens (including phenoxy) is 3. The number of hydrogen-bond donors (Lipinski definition) is 0. The van der Waals surface area contributed by atoms with E-state index in [1.165, 1.54) is 16.7 Å². The quantitative estimate of drug-likeness (QED) is 0.291. The van der Waals surface area contributed by atoms with Crippen LogP contribution in [0.15, 0.2) is 48.7 Å². The van der Waals surface area contributed by atoms with E-state index in [-0.39, 0.29) is 30.0 Å². The lowest BCUT2D eigenvalue weighted by Crippen LogP contribution is -2.52. The van der Waals surface area contributed by atoms with E-state index >= 15 is 0 Å². The second-order valence-corrected chi connectivity index (χ2v) is 13.2.